The number of carbonyl (C=O) groups is 1. The maximum absolute atomic E-state index is 12.6. The Balaban J connectivity index is 3.21. The van der Waals surface area contributed by atoms with Crippen molar-refractivity contribution in [1.29, 1.82) is 0 Å². The van der Waals surface area contributed by atoms with Gasteiger partial charge in [-0.05, 0) is 6.07 Å². The molecule has 0 aromatic carbocycles. The van der Waals surface area contributed by atoms with E-state index in [0.717, 1.165) is 12.3 Å². The van der Waals surface area contributed by atoms with Crippen LogP contribution in [0.1, 0.15) is 22.3 Å². The Bertz CT molecular complexity index is 368. The van der Waals surface area contributed by atoms with Gasteiger partial charge in [0.15, 0.2) is 0 Å². The molecule has 0 bridgehead atoms. The number of carbonyl (C=O) groups excluding carboxylic acids is 1. The van der Waals surface area contributed by atoms with E-state index in [1.54, 1.807) is 7.05 Å². The fourth-order valence-corrected chi connectivity index (χ4v) is 1.11. The van der Waals surface area contributed by atoms with Crippen LogP contribution in [0.2, 0.25) is 0 Å². The van der Waals surface area contributed by atoms with Crippen LogP contribution in [0.25, 0.3) is 0 Å². The third-order valence-corrected chi connectivity index (χ3v) is 1.90. The van der Waals surface area contributed by atoms with E-state index >= 15 is 0 Å². The fraction of sp³-hybridized carbons (Fsp3) is 0.333. The van der Waals surface area contributed by atoms with Crippen LogP contribution < -0.4 is 10.6 Å². The highest BCUT2D eigenvalue weighted by Gasteiger charge is 2.18. The van der Waals surface area contributed by atoms with Gasteiger partial charge in [-0.3, -0.25) is 4.79 Å². The first-order valence-electron chi connectivity index (χ1n) is 4.28. The number of hydrogen-bond donors (Lipinski definition) is 2. The molecule has 0 aliphatic carbocycles. The van der Waals surface area contributed by atoms with Crippen LogP contribution in [-0.2, 0) is 0 Å². The minimum Gasteiger partial charge on any atom is -0.373 e. The van der Waals surface area contributed by atoms with E-state index in [-0.39, 0.29) is 11.1 Å². The summed E-state index contributed by atoms with van der Waals surface area (Å²) in [6.07, 6.45) is -1.57. The Morgan fingerprint density at radius 2 is 2.13 bits per heavy atom. The highest BCUT2D eigenvalue weighted by molar-refractivity contribution is 5.95. The maximum atomic E-state index is 12.6. The summed E-state index contributed by atoms with van der Waals surface area (Å²) in [5.74, 6) is -0.265. The van der Waals surface area contributed by atoms with Crippen molar-refractivity contribution in [3.63, 3.8) is 0 Å². The zero-order valence-corrected chi connectivity index (χ0v) is 8.34. The molecule has 4 nitrogen and oxygen atoms in total. The Morgan fingerprint density at radius 1 is 1.47 bits per heavy atom. The minimum atomic E-state index is -2.70. The number of hydrogen-bond acceptors (Lipinski definition) is 3. The number of halogens is 2. The van der Waals surface area contributed by atoms with Crippen LogP contribution in [0.4, 0.5) is 14.6 Å². The summed E-state index contributed by atoms with van der Waals surface area (Å²) >= 11 is 0. The topological polar surface area (TPSA) is 54.0 Å². The van der Waals surface area contributed by atoms with Crippen molar-refractivity contribution in [2.24, 2.45) is 0 Å². The van der Waals surface area contributed by atoms with Crippen LogP contribution >= 0.6 is 0 Å². The van der Waals surface area contributed by atoms with Crippen LogP contribution in [0, 0.1) is 0 Å². The number of aromatic nitrogens is 1. The fourth-order valence-electron chi connectivity index (χ4n) is 1.11. The molecule has 0 aliphatic heterocycles. The van der Waals surface area contributed by atoms with Crippen molar-refractivity contribution < 1.29 is 13.6 Å². The summed E-state index contributed by atoms with van der Waals surface area (Å²) < 4.78 is 25.2. The second-order valence-electron chi connectivity index (χ2n) is 2.79. The van der Waals surface area contributed by atoms with E-state index in [9.17, 15) is 13.6 Å². The molecule has 0 spiro atoms. The lowest BCUT2D eigenvalue weighted by Gasteiger charge is -2.08. The van der Waals surface area contributed by atoms with Crippen LogP contribution in [0.3, 0.4) is 0 Å². The third kappa shape index (κ3) is 2.39. The maximum Gasteiger partial charge on any atom is 0.264 e. The van der Waals surface area contributed by atoms with Gasteiger partial charge in [0.1, 0.15) is 5.82 Å². The number of anilines is 1. The van der Waals surface area contributed by atoms with Gasteiger partial charge >= 0.3 is 0 Å². The lowest BCUT2D eigenvalue weighted by Crippen LogP contribution is -2.20. The molecular formula is C9H11F2N3O. The SMILES string of the molecule is CNC(=O)c1cnc(NC)cc1C(F)F. The van der Waals surface area contributed by atoms with Gasteiger partial charge in [0.25, 0.3) is 12.3 Å². The molecule has 0 saturated carbocycles. The number of alkyl halides is 2. The molecule has 1 heterocycles. The number of rotatable bonds is 3. The van der Waals surface area contributed by atoms with Gasteiger partial charge in [0.2, 0.25) is 0 Å². The van der Waals surface area contributed by atoms with Gasteiger partial charge in [-0.1, -0.05) is 0 Å². The van der Waals surface area contributed by atoms with Crippen LogP contribution in [-0.4, -0.2) is 25.0 Å². The molecule has 6 heteroatoms. The molecule has 0 radical (unpaired) electrons. The molecule has 1 aromatic heterocycles. The zero-order valence-electron chi connectivity index (χ0n) is 8.34. The molecular weight excluding hydrogens is 204 g/mol. The summed E-state index contributed by atoms with van der Waals surface area (Å²) in [5, 5.41) is 4.91. The van der Waals surface area contributed by atoms with Crippen molar-refractivity contribution >= 4 is 11.7 Å². The van der Waals surface area contributed by atoms with Crippen molar-refractivity contribution in [2.45, 2.75) is 6.43 Å². The van der Waals surface area contributed by atoms with Crippen molar-refractivity contribution in [3.05, 3.63) is 23.4 Å². The molecule has 15 heavy (non-hydrogen) atoms. The molecule has 82 valence electrons. The number of amides is 1. The normalized spacial score (nSPS) is 10.2. The van der Waals surface area contributed by atoms with Gasteiger partial charge < -0.3 is 10.6 Å². The first-order chi connectivity index (χ1) is 7.10. The lowest BCUT2D eigenvalue weighted by atomic mass is 10.1. The van der Waals surface area contributed by atoms with Gasteiger partial charge in [0, 0.05) is 25.9 Å². The van der Waals surface area contributed by atoms with Gasteiger partial charge in [-0.15, -0.1) is 0 Å². The third-order valence-electron chi connectivity index (χ3n) is 1.90. The van der Waals surface area contributed by atoms with E-state index in [4.69, 9.17) is 0 Å². The highest BCUT2D eigenvalue weighted by atomic mass is 19.3. The molecule has 1 aromatic rings. The average Bonchev–Trinajstić information content (AvgIpc) is 2.27. The van der Waals surface area contributed by atoms with E-state index in [0.29, 0.717) is 5.82 Å². The molecule has 0 fully saturated rings. The quantitative estimate of drug-likeness (QED) is 0.801. The Morgan fingerprint density at radius 3 is 2.60 bits per heavy atom. The molecule has 0 saturated heterocycles. The number of nitrogens with zero attached hydrogens (tertiary/aromatic N) is 1. The molecule has 1 rings (SSSR count). The molecule has 0 aliphatic rings. The van der Waals surface area contributed by atoms with Gasteiger partial charge in [-0.25, -0.2) is 13.8 Å². The van der Waals surface area contributed by atoms with Crippen LogP contribution in [0.5, 0.6) is 0 Å². The van der Waals surface area contributed by atoms with E-state index in [1.165, 1.54) is 7.05 Å². The minimum absolute atomic E-state index is 0.105. The van der Waals surface area contributed by atoms with Crippen molar-refractivity contribution in [2.75, 3.05) is 19.4 Å². The molecule has 0 atom stereocenters. The first-order valence-corrected chi connectivity index (χ1v) is 4.28. The predicted octanol–water partition coefficient (Wildman–Crippen LogP) is 1.42. The van der Waals surface area contributed by atoms with Crippen molar-refractivity contribution in [1.82, 2.24) is 10.3 Å². The van der Waals surface area contributed by atoms with E-state index in [2.05, 4.69) is 15.6 Å². The summed E-state index contributed by atoms with van der Waals surface area (Å²) in [6, 6.07) is 1.16. The van der Waals surface area contributed by atoms with Gasteiger partial charge in [0.05, 0.1) is 5.56 Å². The highest BCUT2D eigenvalue weighted by Crippen LogP contribution is 2.24. The van der Waals surface area contributed by atoms with E-state index < -0.39 is 12.3 Å². The Hall–Kier alpha value is -1.72. The monoisotopic (exact) mass is 215 g/mol. The number of nitrogens with one attached hydrogen (secondary N) is 2. The summed E-state index contributed by atoms with van der Waals surface area (Å²) in [6.45, 7) is 0. The Labute approximate surface area is 85.7 Å². The smallest absolute Gasteiger partial charge is 0.264 e. The molecule has 0 unspecified atom stereocenters. The second kappa shape index (κ2) is 4.68. The summed E-state index contributed by atoms with van der Waals surface area (Å²) in [4.78, 5) is 15.0. The second-order valence-corrected chi connectivity index (χ2v) is 2.79. The zero-order chi connectivity index (χ0) is 11.4. The van der Waals surface area contributed by atoms with Crippen LogP contribution in [0.15, 0.2) is 12.3 Å². The predicted molar refractivity (Wildman–Crippen MR) is 52.1 cm³/mol. The molecule has 2 N–H and O–H groups in total. The average molecular weight is 215 g/mol. The standard InChI is InChI=1S/C9H11F2N3O/c1-12-7-3-5(8(10)11)6(4-14-7)9(15)13-2/h3-4,8H,1-2H3,(H,12,14)(H,13,15). The first kappa shape index (κ1) is 11.4. The largest absolute Gasteiger partial charge is 0.373 e. The van der Waals surface area contributed by atoms with Gasteiger partial charge in [-0.2, -0.15) is 0 Å². The summed E-state index contributed by atoms with van der Waals surface area (Å²) in [5.41, 5.74) is -0.430. The number of pyridine rings is 1. The molecule has 1 amide bonds. The lowest BCUT2D eigenvalue weighted by molar-refractivity contribution is 0.0949. The van der Waals surface area contributed by atoms with Crippen molar-refractivity contribution in [3.8, 4) is 0 Å². The Kier molecular flexibility index (Phi) is 3.54. The van der Waals surface area contributed by atoms with E-state index in [1.807, 2.05) is 0 Å². The summed E-state index contributed by atoms with van der Waals surface area (Å²) in [7, 11) is 2.95.